The van der Waals surface area contributed by atoms with Crippen molar-refractivity contribution >= 4 is 0 Å². The van der Waals surface area contributed by atoms with Crippen molar-refractivity contribution < 1.29 is 0 Å². The third kappa shape index (κ3) is 4.52. The van der Waals surface area contributed by atoms with Gasteiger partial charge in [0.2, 0.25) is 0 Å². The Morgan fingerprint density at radius 1 is 1.27 bits per heavy atom. The van der Waals surface area contributed by atoms with Gasteiger partial charge in [-0.3, -0.25) is 0 Å². The molecule has 0 saturated heterocycles. The van der Waals surface area contributed by atoms with Crippen LogP contribution >= 0.6 is 0 Å². The maximum absolute atomic E-state index is 3.51. The number of H-pyrrole nitrogens is 1. The number of aromatic nitrogens is 1. The maximum Gasteiger partial charge on any atom is 0.0150 e. The van der Waals surface area contributed by atoms with E-state index in [1.54, 1.807) is 0 Å². The highest BCUT2D eigenvalue weighted by Gasteiger charge is 2.08. The molecule has 1 aromatic rings. The fourth-order valence-corrected chi connectivity index (χ4v) is 1.78. The van der Waals surface area contributed by atoms with Crippen molar-refractivity contribution in [3.8, 4) is 0 Å². The zero-order chi connectivity index (χ0) is 11.5. The molecule has 0 fully saturated rings. The van der Waals surface area contributed by atoms with Gasteiger partial charge in [-0.1, -0.05) is 0 Å². The minimum absolute atomic E-state index is 0.239. The molecule has 1 heterocycles. The van der Waals surface area contributed by atoms with Crippen LogP contribution in [0.4, 0.5) is 0 Å². The molecule has 2 heteroatoms. The molecule has 2 N–H and O–H groups in total. The van der Waals surface area contributed by atoms with E-state index in [9.17, 15) is 0 Å². The van der Waals surface area contributed by atoms with Gasteiger partial charge in [-0.25, -0.2) is 0 Å². The van der Waals surface area contributed by atoms with Crippen LogP contribution in [0.2, 0.25) is 0 Å². The first kappa shape index (κ1) is 12.3. The van der Waals surface area contributed by atoms with E-state index < -0.39 is 0 Å². The third-order valence-electron chi connectivity index (χ3n) is 2.54. The summed E-state index contributed by atoms with van der Waals surface area (Å²) in [6.45, 7) is 12.0. The molecular weight excluding hydrogens is 184 g/mol. The topological polar surface area (TPSA) is 27.8 Å². The van der Waals surface area contributed by atoms with Gasteiger partial charge in [-0.05, 0) is 65.6 Å². The molecule has 0 aliphatic rings. The Hall–Kier alpha value is -0.760. The molecule has 0 spiro atoms. The smallest absolute Gasteiger partial charge is 0.0150 e. The molecule has 0 aromatic carbocycles. The largest absolute Gasteiger partial charge is 0.362 e. The van der Waals surface area contributed by atoms with Crippen molar-refractivity contribution in [2.75, 3.05) is 6.54 Å². The molecular formula is C13H24N2. The third-order valence-corrected chi connectivity index (χ3v) is 2.54. The van der Waals surface area contributed by atoms with Gasteiger partial charge in [0.05, 0.1) is 0 Å². The Labute approximate surface area is 93.5 Å². The van der Waals surface area contributed by atoms with Crippen LogP contribution < -0.4 is 5.32 Å². The Bertz CT molecular complexity index is 305. The van der Waals surface area contributed by atoms with Gasteiger partial charge < -0.3 is 10.3 Å². The quantitative estimate of drug-likeness (QED) is 0.732. The summed E-state index contributed by atoms with van der Waals surface area (Å²) >= 11 is 0. The Balaban J connectivity index is 2.29. The van der Waals surface area contributed by atoms with E-state index in [1.165, 1.54) is 29.8 Å². The fourth-order valence-electron chi connectivity index (χ4n) is 1.78. The number of aryl methyl sites for hydroxylation is 3. The maximum atomic E-state index is 3.51. The SMILES string of the molecule is Cc1cc(CCCNC(C)(C)C)c(C)[nH]1. The normalized spacial score (nSPS) is 12.1. The van der Waals surface area contributed by atoms with Crippen molar-refractivity contribution in [1.82, 2.24) is 10.3 Å². The first-order chi connectivity index (χ1) is 6.88. The lowest BCUT2D eigenvalue weighted by Gasteiger charge is -2.20. The molecule has 15 heavy (non-hydrogen) atoms. The molecule has 1 aromatic heterocycles. The Morgan fingerprint density at radius 3 is 2.40 bits per heavy atom. The second-order valence-electron chi connectivity index (χ2n) is 5.38. The van der Waals surface area contributed by atoms with Crippen molar-refractivity contribution in [1.29, 1.82) is 0 Å². The van der Waals surface area contributed by atoms with E-state index in [0.717, 1.165) is 6.54 Å². The molecule has 0 bridgehead atoms. The number of nitrogens with one attached hydrogen (secondary N) is 2. The highest BCUT2D eigenvalue weighted by atomic mass is 14.9. The predicted molar refractivity (Wildman–Crippen MR) is 66.3 cm³/mol. The van der Waals surface area contributed by atoms with Crippen LogP contribution in [0.3, 0.4) is 0 Å². The Morgan fingerprint density at radius 2 is 1.93 bits per heavy atom. The zero-order valence-corrected chi connectivity index (χ0v) is 10.7. The molecule has 0 radical (unpaired) electrons. The van der Waals surface area contributed by atoms with Crippen LogP contribution in [-0.4, -0.2) is 17.1 Å². The van der Waals surface area contributed by atoms with Gasteiger partial charge in [0.1, 0.15) is 0 Å². The number of hydrogen-bond acceptors (Lipinski definition) is 1. The van der Waals surface area contributed by atoms with Crippen LogP contribution in [0.25, 0.3) is 0 Å². The number of rotatable bonds is 4. The lowest BCUT2D eigenvalue weighted by Crippen LogP contribution is -2.36. The average Bonchev–Trinajstić information content (AvgIpc) is 2.37. The van der Waals surface area contributed by atoms with Crippen LogP contribution in [0.1, 0.15) is 44.1 Å². The van der Waals surface area contributed by atoms with E-state index in [0.29, 0.717) is 0 Å². The first-order valence-corrected chi connectivity index (χ1v) is 5.78. The van der Waals surface area contributed by atoms with E-state index in [-0.39, 0.29) is 5.54 Å². The predicted octanol–water partition coefficient (Wildman–Crippen LogP) is 2.95. The summed E-state index contributed by atoms with van der Waals surface area (Å²) in [6, 6.07) is 2.26. The van der Waals surface area contributed by atoms with Crippen molar-refractivity contribution in [2.24, 2.45) is 0 Å². The summed E-state index contributed by atoms with van der Waals surface area (Å²) in [6.07, 6.45) is 2.37. The zero-order valence-electron chi connectivity index (χ0n) is 10.7. The summed E-state index contributed by atoms with van der Waals surface area (Å²) in [7, 11) is 0. The van der Waals surface area contributed by atoms with Crippen LogP contribution in [0.5, 0.6) is 0 Å². The fraction of sp³-hybridized carbons (Fsp3) is 0.692. The van der Waals surface area contributed by atoms with Crippen LogP contribution in [0, 0.1) is 13.8 Å². The average molecular weight is 208 g/mol. The molecule has 0 aliphatic carbocycles. The molecule has 0 unspecified atom stereocenters. The molecule has 86 valence electrons. The summed E-state index contributed by atoms with van der Waals surface area (Å²) < 4.78 is 0. The summed E-state index contributed by atoms with van der Waals surface area (Å²) in [5.74, 6) is 0. The molecule has 0 atom stereocenters. The molecule has 0 aliphatic heterocycles. The van der Waals surface area contributed by atoms with Gasteiger partial charge in [-0.15, -0.1) is 0 Å². The lowest BCUT2D eigenvalue weighted by molar-refractivity contribution is 0.422. The van der Waals surface area contributed by atoms with E-state index in [1.807, 2.05) is 0 Å². The molecule has 0 amide bonds. The monoisotopic (exact) mass is 208 g/mol. The van der Waals surface area contributed by atoms with Gasteiger partial charge in [0.25, 0.3) is 0 Å². The van der Waals surface area contributed by atoms with Crippen molar-refractivity contribution in [3.63, 3.8) is 0 Å². The van der Waals surface area contributed by atoms with Gasteiger partial charge >= 0.3 is 0 Å². The minimum atomic E-state index is 0.239. The van der Waals surface area contributed by atoms with Crippen LogP contribution in [-0.2, 0) is 6.42 Å². The highest BCUT2D eigenvalue weighted by Crippen LogP contribution is 2.11. The Kier molecular flexibility index (Phi) is 3.97. The van der Waals surface area contributed by atoms with E-state index >= 15 is 0 Å². The highest BCUT2D eigenvalue weighted by molar-refractivity contribution is 5.24. The molecule has 0 saturated carbocycles. The van der Waals surface area contributed by atoms with Gasteiger partial charge in [-0.2, -0.15) is 0 Å². The van der Waals surface area contributed by atoms with Gasteiger partial charge in [0, 0.05) is 16.9 Å². The second kappa shape index (κ2) is 4.84. The second-order valence-corrected chi connectivity index (χ2v) is 5.38. The number of aromatic amines is 1. The van der Waals surface area contributed by atoms with Crippen LogP contribution in [0.15, 0.2) is 6.07 Å². The van der Waals surface area contributed by atoms with Crippen molar-refractivity contribution in [3.05, 3.63) is 23.0 Å². The van der Waals surface area contributed by atoms with Crippen molar-refractivity contribution in [2.45, 2.75) is 53.0 Å². The van der Waals surface area contributed by atoms with Gasteiger partial charge in [0.15, 0.2) is 0 Å². The van der Waals surface area contributed by atoms with E-state index in [4.69, 9.17) is 0 Å². The summed E-state index contributed by atoms with van der Waals surface area (Å²) in [5.41, 5.74) is 4.29. The summed E-state index contributed by atoms with van der Waals surface area (Å²) in [4.78, 5) is 3.34. The molecule has 2 nitrogen and oxygen atoms in total. The minimum Gasteiger partial charge on any atom is -0.362 e. The summed E-state index contributed by atoms with van der Waals surface area (Å²) in [5, 5.41) is 3.51. The number of hydrogen-bond donors (Lipinski definition) is 2. The first-order valence-electron chi connectivity index (χ1n) is 5.78. The standard InChI is InChI=1S/C13H24N2/c1-10-9-12(11(2)15-10)7-6-8-14-13(3,4)5/h9,14-15H,6-8H2,1-5H3. The lowest BCUT2D eigenvalue weighted by atomic mass is 10.1. The molecule has 1 rings (SSSR count). The van der Waals surface area contributed by atoms with E-state index in [2.05, 4.69) is 51.0 Å².